The second-order valence-electron chi connectivity index (χ2n) is 10.2. The van der Waals surface area contributed by atoms with E-state index >= 15 is 0 Å². The maximum atomic E-state index is 14.9. The normalized spacial score (nSPS) is 12.1. The fourth-order valence-electron chi connectivity index (χ4n) is 4.45. The zero-order chi connectivity index (χ0) is 30.7. The van der Waals surface area contributed by atoms with E-state index in [1.165, 1.54) is 31.4 Å². The van der Waals surface area contributed by atoms with Crippen molar-refractivity contribution in [2.24, 2.45) is 0 Å². The van der Waals surface area contributed by atoms with Crippen molar-refractivity contribution in [2.75, 3.05) is 20.0 Å². The van der Waals surface area contributed by atoms with E-state index in [1.807, 2.05) is 26.0 Å². The van der Waals surface area contributed by atoms with Crippen LogP contribution < -0.4 is 4.74 Å². The van der Waals surface area contributed by atoms with Gasteiger partial charge in [-0.15, -0.1) is 0 Å². The molecule has 0 amide bonds. The highest BCUT2D eigenvalue weighted by Crippen LogP contribution is 2.41. The molecule has 0 unspecified atom stereocenters. The predicted octanol–water partition coefficient (Wildman–Crippen LogP) is 7.68. The number of benzene rings is 3. The smallest absolute Gasteiger partial charge is 0.264 e. The summed E-state index contributed by atoms with van der Waals surface area (Å²) in [6.45, 7) is 3.91. The quantitative estimate of drug-likeness (QED) is 0.0974. The van der Waals surface area contributed by atoms with Crippen LogP contribution in [0.2, 0.25) is 5.02 Å². The largest absolute Gasteiger partial charge is 0.495 e. The Balaban J connectivity index is 1.61. The minimum Gasteiger partial charge on any atom is -0.495 e. The molecule has 1 aromatic heterocycles. The molecule has 1 N–H and O–H groups in total. The number of imidazole rings is 1. The minimum atomic E-state index is -3.57. The molecule has 0 atom stereocenters. The molecule has 42 heavy (non-hydrogen) atoms. The Hall–Kier alpha value is -2.99. The fourth-order valence-corrected chi connectivity index (χ4v) is 5.95. The van der Waals surface area contributed by atoms with Crippen LogP contribution in [0.5, 0.6) is 5.75 Å². The highest BCUT2D eigenvalue weighted by molar-refractivity contribution is 7.98. The predicted molar refractivity (Wildman–Crippen MR) is 159 cm³/mol. The number of hydrogen-bond donors (Lipinski definition) is 1. The van der Waals surface area contributed by atoms with Gasteiger partial charge in [0.1, 0.15) is 23.2 Å². The van der Waals surface area contributed by atoms with Crippen molar-refractivity contribution in [3.63, 3.8) is 0 Å². The summed E-state index contributed by atoms with van der Waals surface area (Å²) in [5.74, 6) is -1.33. The number of methoxy groups -OCH3 is 1. The Morgan fingerprint density at radius 1 is 1.02 bits per heavy atom. The zero-order valence-corrected chi connectivity index (χ0v) is 25.8. The molecule has 1 heterocycles. The van der Waals surface area contributed by atoms with Crippen LogP contribution in [-0.4, -0.2) is 38.4 Å². The first-order chi connectivity index (χ1) is 19.8. The van der Waals surface area contributed by atoms with Gasteiger partial charge in [0.25, 0.3) is 10.1 Å². The maximum Gasteiger partial charge on any atom is 0.264 e. The van der Waals surface area contributed by atoms with Crippen LogP contribution in [0.4, 0.5) is 13.2 Å². The summed E-state index contributed by atoms with van der Waals surface area (Å²) in [4.78, 5) is 8.07. The third-order valence-corrected chi connectivity index (χ3v) is 8.57. The Bertz CT molecular complexity index is 1650. The van der Waals surface area contributed by atoms with Crippen molar-refractivity contribution in [1.82, 2.24) is 9.97 Å². The highest BCUT2D eigenvalue weighted by atomic mass is 35.5. The van der Waals surface area contributed by atoms with E-state index in [1.54, 1.807) is 18.2 Å². The molecule has 0 spiro atoms. The molecule has 0 aliphatic carbocycles. The van der Waals surface area contributed by atoms with Gasteiger partial charge in [0, 0.05) is 22.3 Å². The van der Waals surface area contributed by atoms with Crippen LogP contribution in [0, 0.1) is 17.5 Å². The molecule has 12 heteroatoms. The van der Waals surface area contributed by atoms with E-state index in [9.17, 15) is 21.6 Å². The molecule has 0 saturated carbocycles. The van der Waals surface area contributed by atoms with Crippen molar-refractivity contribution in [2.45, 2.75) is 43.0 Å². The van der Waals surface area contributed by atoms with Gasteiger partial charge in [-0.25, -0.2) is 18.2 Å². The molecular formula is C30H30ClF3N2O4S2. The number of halogens is 4. The lowest BCUT2D eigenvalue weighted by atomic mass is 9.79. The molecule has 0 aliphatic rings. The van der Waals surface area contributed by atoms with Gasteiger partial charge in [0.15, 0.2) is 5.16 Å². The van der Waals surface area contributed by atoms with E-state index in [0.717, 1.165) is 23.6 Å². The fraction of sp³-hybridized carbons (Fsp3) is 0.300. The standard InChI is InChI=1S/C30H30ClF3N2O4S2/c1-30(2,20-9-12-23(31)26(16-20)39-3)28-27(19-7-10-21(32)11-8-19)35-29(36-28)41-17-22-24(33)14-18(15-25(22)34)6-5-13-40-42(4,37)38/h7-12,14-16H,5-6,13,17H2,1-4H3,(H,35,36). The van der Waals surface area contributed by atoms with Gasteiger partial charge in [-0.2, -0.15) is 8.42 Å². The first-order valence-corrected chi connectivity index (χ1v) is 16.1. The second-order valence-corrected chi connectivity index (χ2v) is 13.2. The number of H-pyrrole nitrogens is 1. The van der Waals surface area contributed by atoms with Crippen molar-refractivity contribution in [1.29, 1.82) is 0 Å². The molecule has 0 saturated heterocycles. The summed E-state index contributed by atoms with van der Waals surface area (Å²) in [5.41, 5.74) is 2.48. The van der Waals surface area contributed by atoms with Gasteiger partial charge in [0.2, 0.25) is 0 Å². The molecule has 0 fully saturated rings. The Morgan fingerprint density at radius 2 is 1.69 bits per heavy atom. The lowest BCUT2D eigenvalue weighted by Crippen LogP contribution is -2.20. The summed E-state index contributed by atoms with van der Waals surface area (Å²) < 4.78 is 75.9. The van der Waals surface area contributed by atoms with Crippen LogP contribution in [0.3, 0.4) is 0 Å². The SMILES string of the molecule is COc1cc(C(C)(C)c2[nH]c(SCc3c(F)cc(CCCOS(C)(=O)=O)cc3F)nc2-c2ccc(F)cc2)ccc1Cl. The third-order valence-electron chi connectivity index (χ3n) is 6.76. The van der Waals surface area contributed by atoms with Gasteiger partial charge >= 0.3 is 0 Å². The molecule has 3 aromatic carbocycles. The van der Waals surface area contributed by atoms with Crippen molar-refractivity contribution >= 4 is 33.5 Å². The Morgan fingerprint density at radius 3 is 2.31 bits per heavy atom. The topological polar surface area (TPSA) is 81.3 Å². The third kappa shape index (κ3) is 7.69. The van der Waals surface area contributed by atoms with Gasteiger partial charge in [0.05, 0.1) is 36.4 Å². The molecule has 0 radical (unpaired) electrons. The van der Waals surface area contributed by atoms with Crippen molar-refractivity contribution < 1.29 is 30.5 Å². The van der Waals surface area contributed by atoms with Crippen LogP contribution in [0.25, 0.3) is 11.3 Å². The van der Waals surface area contributed by atoms with Gasteiger partial charge < -0.3 is 9.72 Å². The zero-order valence-electron chi connectivity index (χ0n) is 23.4. The Labute approximate surface area is 252 Å². The van der Waals surface area contributed by atoms with E-state index in [-0.39, 0.29) is 36.6 Å². The number of thioether (sulfide) groups is 1. The van der Waals surface area contributed by atoms with E-state index in [2.05, 4.69) is 9.17 Å². The lowest BCUT2D eigenvalue weighted by molar-refractivity contribution is 0.315. The summed E-state index contributed by atoms with van der Waals surface area (Å²) in [6, 6.07) is 13.9. The van der Waals surface area contributed by atoms with Crippen LogP contribution in [0.1, 0.15) is 42.7 Å². The molecule has 0 bridgehead atoms. The highest BCUT2D eigenvalue weighted by Gasteiger charge is 2.31. The van der Waals surface area contributed by atoms with Crippen LogP contribution in [0.15, 0.2) is 59.8 Å². The van der Waals surface area contributed by atoms with Gasteiger partial charge in [-0.1, -0.05) is 43.3 Å². The number of aromatic amines is 1. The first-order valence-electron chi connectivity index (χ1n) is 12.9. The van der Waals surface area contributed by atoms with Gasteiger partial charge in [-0.3, -0.25) is 4.18 Å². The maximum absolute atomic E-state index is 14.9. The summed E-state index contributed by atoms with van der Waals surface area (Å²) >= 11 is 7.38. The van der Waals surface area contributed by atoms with E-state index in [0.29, 0.717) is 38.4 Å². The number of rotatable bonds is 12. The number of nitrogens with one attached hydrogen (secondary N) is 1. The molecule has 4 rings (SSSR count). The minimum absolute atomic E-state index is 0.0415. The first kappa shape index (κ1) is 31.9. The van der Waals surface area contributed by atoms with E-state index < -0.39 is 27.2 Å². The average Bonchev–Trinajstić information content (AvgIpc) is 3.36. The molecule has 0 aliphatic heterocycles. The molecular weight excluding hydrogens is 609 g/mol. The van der Waals surface area contributed by atoms with Crippen LogP contribution in [-0.2, 0) is 31.9 Å². The Kier molecular flexibility index (Phi) is 9.97. The number of hydrogen-bond acceptors (Lipinski definition) is 6. The number of aromatic nitrogens is 2. The van der Waals surface area contributed by atoms with Crippen molar-refractivity contribution in [3.05, 3.63) is 99.5 Å². The number of nitrogens with zero attached hydrogens (tertiary/aromatic N) is 1. The number of aryl methyl sites for hydroxylation is 1. The number of ether oxygens (including phenoxy) is 1. The molecule has 224 valence electrons. The monoisotopic (exact) mass is 638 g/mol. The summed E-state index contributed by atoms with van der Waals surface area (Å²) in [7, 11) is -2.04. The molecule has 4 aromatic rings. The summed E-state index contributed by atoms with van der Waals surface area (Å²) in [6.07, 6.45) is 1.49. The molecule has 6 nitrogen and oxygen atoms in total. The van der Waals surface area contributed by atoms with E-state index in [4.69, 9.17) is 21.3 Å². The van der Waals surface area contributed by atoms with Crippen LogP contribution >= 0.6 is 23.4 Å². The van der Waals surface area contributed by atoms with Gasteiger partial charge in [-0.05, 0) is 72.5 Å². The average molecular weight is 639 g/mol. The van der Waals surface area contributed by atoms with Crippen molar-refractivity contribution in [3.8, 4) is 17.0 Å². The summed E-state index contributed by atoms with van der Waals surface area (Å²) in [5, 5.41) is 0.896. The second kappa shape index (κ2) is 13.1. The lowest BCUT2D eigenvalue weighted by Gasteiger charge is -2.26.